The minimum atomic E-state index is 0.144. The van der Waals surface area contributed by atoms with Crippen LogP contribution >= 0.6 is 11.3 Å². The van der Waals surface area contributed by atoms with Crippen molar-refractivity contribution in [3.8, 4) is 0 Å². The molecule has 16 heavy (non-hydrogen) atoms. The van der Waals surface area contributed by atoms with Crippen LogP contribution in [0.15, 0.2) is 16.8 Å². The molecule has 92 valence electrons. The predicted octanol–water partition coefficient (Wildman–Crippen LogP) is 3.26. The lowest BCUT2D eigenvalue weighted by Crippen LogP contribution is -2.48. The first kappa shape index (κ1) is 13.7. The molecular weight excluding hydrogens is 216 g/mol. The SMILES string of the molecule is CCC(C)(C)N(C)C(c1ccsc1)C(C)N. The Morgan fingerprint density at radius 1 is 1.50 bits per heavy atom. The molecule has 2 nitrogen and oxygen atoms in total. The number of hydrogen-bond acceptors (Lipinski definition) is 3. The van der Waals surface area contributed by atoms with Crippen molar-refractivity contribution in [1.29, 1.82) is 0 Å². The van der Waals surface area contributed by atoms with Crippen LogP contribution in [0.3, 0.4) is 0 Å². The fourth-order valence-corrected chi connectivity index (χ4v) is 2.64. The Balaban J connectivity index is 2.96. The standard InChI is InChI=1S/C13H24N2S/c1-6-13(3,4)15(5)12(10(2)14)11-7-8-16-9-11/h7-10,12H,6,14H2,1-5H3. The Bertz CT molecular complexity index is 304. The molecule has 0 radical (unpaired) electrons. The summed E-state index contributed by atoms with van der Waals surface area (Å²) in [4.78, 5) is 2.40. The molecule has 3 heteroatoms. The molecular formula is C13H24N2S. The Kier molecular flexibility index (Phi) is 4.53. The molecule has 2 N–H and O–H groups in total. The van der Waals surface area contributed by atoms with Crippen molar-refractivity contribution < 1.29 is 0 Å². The lowest BCUT2D eigenvalue weighted by Gasteiger charge is -2.42. The van der Waals surface area contributed by atoms with Crippen molar-refractivity contribution in [1.82, 2.24) is 4.90 Å². The molecule has 0 saturated carbocycles. The Labute approximate surface area is 103 Å². The van der Waals surface area contributed by atoms with Crippen LogP contribution in [0.4, 0.5) is 0 Å². The van der Waals surface area contributed by atoms with Gasteiger partial charge >= 0.3 is 0 Å². The van der Waals surface area contributed by atoms with Crippen LogP contribution in [0.1, 0.15) is 45.7 Å². The van der Waals surface area contributed by atoms with Gasteiger partial charge in [-0.2, -0.15) is 11.3 Å². The number of nitrogens with zero attached hydrogens (tertiary/aromatic N) is 1. The highest BCUT2D eigenvalue weighted by Crippen LogP contribution is 2.31. The average molecular weight is 240 g/mol. The topological polar surface area (TPSA) is 29.3 Å². The van der Waals surface area contributed by atoms with Gasteiger partial charge in [-0.1, -0.05) is 6.92 Å². The van der Waals surface area contributed by atoms with E-state index in [1.54, 1.807) is 11.3 Å². The van der Waals surface area contributed by atoms with Gasteiger partial charge in [0.15, 0.2) is 0 Å². The highest BCUT2D eigenvalue weighted by atomic mass is 32.1. The molecule has 2 unspecified atom stereocenters. The maximum Gasteiger partial charge on any atom is 0.0506 e. The normalized spacial score (nSPS) is 16.4. The summed E-state index contributed by atoms with van der Waals surface area (Å²) in [7, 11) is 2.18. The summed E-state index contributed by atoms with van der Waals surface area (Å²) < 4.78 is 0. The average Bonchev–Trinajstić information content (AvgIpc) is 2.70. The van der Waals surface area contributed by atoms with Crippen molar-refractivity contribution in [2.75, 3.05) is 7.05 Å². The minimum absolute atomic E-state index is 0.144. The second-order valence-electron chi connectivity index (χ2n) is 5.14. The Morgan fingerprint density at radius 3 is 2.50 bits per heavy atom. The molecule has 1 heterocycles. The maximum atomic E-state index is 6.14. The molecule has 1 aromatic heterocycles. The maximum absolute atomic E-state index is 6.14. The van der Waals surface area contributed by atoms with Gasteiger partial charge in [-0.05, 0) is 56.6 Å². The van der Waals surface area contributed by atoms with Crippen molar-refractivity contribution in [3.05, 3.63) is 22.4 Å². The second-order valence-corrected chi connectivity index (χ2v) is 5.92. The van der Waals surface area contributed by atoms with E-state index in [-0.39, 0.29) is 11.6 Å². The van der Waals surface area contributed by atoms with E-state index in [0.717, 1.165) is 6.42 Å². The van der Waals surface area contributed by atoms with Gasteiger partial charge in [0.05, 0.1) is 6.04 Å². The van der Waals surface area contributed by atoms with Crippen LogP contribution in [-0.4, -0.2) is 23.5 Å². The zero-order chi connectivity index (χ0) is 12.3. The smallest absolute Gasteiger partial charge is 0.0506 e. The molecule has 0 spiro atoms. The molecule has 0 fully saturated rings. The van der Waals surface area contributed by atoms with Gasteiger partial charge in [0, 0.05) is 11.6 Å². The van der Waals surface area contributed by atoms with Gasteiger partial charge in [-0.3, -0.25) is 4.90 Å². The van der Waals surface area contributed by atoms with E-state index in [2.05, 4.69) is 56.5 Å². The van der Waals surface area contributed by atoms with Crippen molar-refractivity contribution >= 4 is 11.3 Å². The van der Waals surface area contributed by atoms with E-state index < -0.39 is 0 Å². The first-order valence-corrected chi connectivity index (χ1v) is 6.85. The third-order valence-corrected chi connectivity index (χ3v) is 4.32. The Morgan fingerprint density at radius 2 is 2.12 bits per heavy atom. The fourth-order valence-electron chi connectivity index (χ4n) is 1.95. The third-order valence-electron chi connectivity index (χ3n) is 3.62. The predicted molar refractivity (Wildman–Crippen MR) is 72.8 cm³/mol. The quantitative estimate of drug-likeness (QED) is 0.856. The van der Waals surface area contributed by atoms with E-state index >= 15 is 0 Å². The van der Waals surface area contributed by atoms with Crippen molar-refractivity contribution in [2.24, 2.45) is 5.73 Å². The summed E-state index contributed by atoms with van der Waals surface area (Å²) >= 11 is 1.74. The van der Waals surface area contributed by atoms with E-state index in [4.69, 9.17) is 5.73 Å². The van der Waals surface area contributed by atoms with Gasteiger partial charge in [0.25, 0.3) is 0 Å². The van der Waals surface area contributed by atoms with Gasteiger partial charge in [0.1, 0.15) is 0 Å². The zero-order valence-corrected chi connectivity index (χ0v) is 11.8. The van der Waals surface area contributed by atoms with E-state index in [1.165, 1.54) is 5.56 Å². The first-order chi connectivity index (χ1) is 7.40. The van der Waals surface area contributed by atoms with Gasteiger partial charge < -0.3 is 5.73 Å². The number of likely N-dealkylation sites (N-methyl/N-ethyl adjacent to an activating group) is 1. The molecule has 0 aromatic carbocycles. The van der Waals surface area contributed by atoms with Crippen LogP contribution < -0.4 is 5.73 Å². The summed E-state index contributed by atoms with van der Waals surface area (Å²) in [6.07, 6.45) is 1.12. The molecule has 0 amide bonds. The number of thiophene rings is 1. The summed E-state index contributed by atoms with van der Waals surface area (Å²) in [5, 5.41) is 4.33. The van der Waals surface area contributed by atoms with Crippen LogP contribution in [0.25, 0.3) is 0 Å². The number of nitrogens with two attached hydrogens (primary N) is 1. The second kappa shape index (κ2) is 5.30. The largest absolute Gasteiger partial charge is 0.326 e. The van der Waals surface area contributed by atoms with Crippen molar-refractivity contribution in [2.45, 2.75) is 51.7 Å². The first-order valence-electron chi connectivity index (χ1n) is 5.90. The number of rotatable bonds is 5. The molecule has 0 saturated heterocycles. The minimum Gasteiger partial charge on any atom is -0.326 e. The van der Waals surface area contributed by atoms with E-state index in [9.17, 15) is 0 Å². The third kappa shape index (κ3) is 2.84. The van der Waals surface area contributed by atoms with Gasteiger partial charge in [-0.25, -0.2) is 0 Å². The van der Waals surface area contributed by atoms with E-state index in [0.29, 0.717) is 6.04 Å². The fraction of sp³-hybridized carbons (Fsp3) is 0.692. The highest BCUT2D eigenvalue weighted by molar-refractivity contribution is 7.07. The summed E-state index contributed by atoms with van der Waals surface area (Å²) in [5.41, 5.74) is 7.66. The van der Waals surface area contributed by atoms with Crippen LogP contribution in [0.2, 0.25) is 0 Å². The molecule has 0 aliphatic carbocycles. The molecule has 2 atom stereocenters. The van der Waals surface area contributed by atoms with Crippen LogP contribution in [0.5, 0.6) is 0 Å². The molecule has 1 rings (SSSR count). The Hall–Kier alpha value is -0.380. The van der Waals surface area contributed by atoms with E-state index in [1.807, 2.05) is 0 Å². The molecule has 0 aliphatic heterocycles. The summed E-state index contributed by atoms with van der Waals surface area (Å²) in [6, 6.07) is 2.63. The van der Waals surface area contributed by atoms with Crippen LogP contribution in [-0.2, 0) is 0 Å². The highest BCUT2D eigenvalue weighted by Gasteiger charge is 2.31. The molecule has 1 aromatic rings. The number of hydrogen-bond donors (Lipinski definition) is 1. The van der Waals surface area contributed by atoms with Crippen LogP contribution in [0, 0.1) is 0 Å². The van der Waals surface area contributed by atoms with Crippen molar-refractivity contribution in [3.63, 3.8) is 0 Å². The molecule has 0 aliphatic rings. The zero-order valence-electron chi connectivity index (χ0n) is 11.0. The lowest BCUT2D eigenvalue weighted by atomic mass is 9.93. The summed E-state index contributed by atoms with van der Waals surface area (Å²) in [5.74, 6) is 0. The lowest BCUT2D eigenvalue weighted by molar-refractivity contribution is 0.0850. The summed E-state index contributed by atoms with van der Waals surface area (Å²) in [6.45, 7) is 8.86. The molecule has 0 bridgehead atoms. The van der Waals surface area contributed by atoms with Gasteiger partial charge in [-0.15, -0.1) is 0 Å². The van der Waals surface area contributed by atoms with Gasteiger partial charge in [0.2, 0.25) is 0 Å². The monoisotopic (exact) mass is 240 g/mol.